The molecule has 9 nitrogen and oxygen atoms in total. The Bertz CT molecular complexity index is 1710. The van der Waals surface area contributed by atoms with Crippen molar-refractivity contribution in [1.82, 2.24) is 0 Å². The Morgan fingerprint density at radius 3 is 1.05 bits per heavy atom. The first-order valence-electron chi connectivity index (χ1n) is 34.0. The van der Waals surface area contributed by atoms with Crippen LogP contribution < -0.4 is 0 Å². The zero-order chi connectivity index (χ0) is 59.8. The average molecular weight is 1170 g/mol. The minimum atomic E-state index is -4.40. The molecule has 0 aromatic heterocycles. The smallest absolute Gasteiger partial charge is 0.462 e. The summed E-state index contributed by atoms with van der Waals surface area (Å²) in [5.41, 5.74) is 0. The number of phosphoric ester groups is 1. The summed E-state index contributed by atoms with van der Waals surface area (Å²) < 4.78 is 34.7. The summed E-state index contributed by atoms with van der Waals surface area (Å²) in [4.78, 5) is 35.8. The molecule has 0 saturated carbocycles. The average Bonchev–Trinajstić information content (AvgIpc) is 3.45. The first kappa shape index (κ1) is 78.9. The molecule has 0 heterocycles. The minimum absolute atomic E-state index is 0.0258. The molecular formula is C72H129NO8P+. The molecule has 0 aliphatic heterocycles. The van der Waals surface area contributed by atoms with Crippen LogP contribution in [0.2, 0.25) is 0 Å². The van der Waals surface area contributed by atoms with Crippen LogP contribution in [0.1, 0.15) is 296 Å². The molecule has 0 aliphatic rings. The Labute approximate surface area is 506 Å². The van der Waals surface area contributed by atoms with Gasteiger partial charge >= 0.3 is 19.8 Å². The first-order chi connectivity index (χ1) is 40.0. The molecule has 0 aromatic rings. The highest BCUT2D eigenvalue weighted by molar-refractivity contribution is 7.47. The van der Waals surface area contributed by atoms with Gasteiger partial charge in [0.15, 0.2) is 6.10 Å². The van der Waals surface area contributed by atoms with Crippen LogP contribution in [0, 0.1) is 0 Å². The van der Waals surface area contributed by atoms with E-state index in [2.05, 4.69) is 111 Å². The van der Waals surface area contributed by atoms with Gasteiger partial charge in [-0.25, -0.2) is 4.57 Å². The Morgan fingerprint density at radius 1 is 0.390 bits per heavy atom. The molecule has 0 spiro atoms. The van der Waals surface area contributed by atoms with Crippen LogP contribution in [-0.2, 0) is 32.7 Å². The van der Waals surface area contributed by atoms with E-state index in [1.54, 1.807) is 0 Å². The highest BCUT2D eigenvalue weighted by atomic mass is 31.2. The fourth-order valence-electron chi connectivity index (χ4n) is 9.40. The maximum Gasteiger partial charge on any atom is 0.472 e. The number of esters is 2. The number of allylic oxidation sites excluding steroid dienone is 16. The van der Waals surface area contributed by atoms with Crippen molar-refractivity contribution in [2.24, 2.45) is 0 Å². The van der Waals surface area contributed by atoms with E-state index in [1.807, 2.05) is 21.1 Å². The number of ether oxygens (including phenoxy) is 2. The monoisotopic (exact) mass is 1170 g/mol. The molecule has 0 bridgehead atoms. The van der Waals surface area contributed by atoms with E-state index < -0.39 is 26.5 Å². The van der Waals surface area contributed by atoms with Gasteiger partial charge in [-0.15, -0.1) is 0 Å². The number of quaternary nitrogens is 1. The normalized spacial score (nSPS) is 13.8. The van der Waals surface area contributed by atoms with Gasteiger partial charge in [0.2, 0.25) is 0 Å². The molecule has 0 amide bonds. The van der Waals surface area contributed by atoms with Crippen LogP contribution in [0.5, 0.6) is 0 Å². The molecule has 2 unspecified atom stereocenters. The molecule has 0 aliphatic carbocycles. The number of rotatable bonds is 62. The van der Waals surface area contributed by atoms with Crippen LogP contribution in [0.3, 0.4) is 0 Å². The highest BCUT2D eigenvalue weighted by Crippen LogP contribution is 2.43. The third kappa shape index (κ3) is 66.1. The van der Waals surface area contributed by atoms with Gasteiger partial charge in [-0.2, -0.15) is 0 Å². The predicted molar refractivity (Wildman–Crippen MR) is 353 cm³/mol. The fourth-order valence-corrected chi connectivity index (χ4v) is 10.1. The zero-order valence-corrected chi connectivity index (χ0v) is 54.8. The Kier molecular flexibility index (Phi) is 60.1. The Balaban J connectivity index is 4.11. The van der Waals surface area contributed by atoms with Crippen LogP contribution in [0.15, 0.2) is 97.2 Å². The Hall–Kier alpha value is -3.07. The number of unbranched alkanes of at least 4 members (excludes halogenated alkanes) is 32. The third-order valence-electron chi connectivity index (χ3n) is 14.6. The van der Waals surface area contributed by atoms with Gasteiger partial charge in [0.1, 0.15) is 19.8 Å². The van der Waals surface area contributed by atoms with Gasteiger partial charge in [0, 0.05) is 12.8 Å². The van der Waals surface area contributed by atoms with Crippen LogP contribution in [0.25, 0.3) is 0 Å². The van der Waals surface area contributed by atoms with Crippen molar-refractivity contribution in [2.75, 3.05) is 47.5 Å². The van der Waals surface area contributed by atoms with Crippen molar-refractivity contribution >= 4 is 19.8 Å². The van der Waals surface area contributed by atoms with E-state index in [0.717, 1.165) is 89.9 Å². The van der Waals surface area contributed by atoms with Gasteiger partial charge in [-0.3, -0.25) is 18.6 Å². The molecular weight excluding hydrogens is 1040 g/mol. The van der Waals surface area contributed by atoms with Crippen molar-refractivity contribution in [3.63, 3.8) is 0 Å². The van der Waals surface area contributed by atoms with Gasteiger partial charge < -0.3 is 18.9 Å². The van der Waals surface area contributed by atoms with Crippen LogP contribution >= 0.6 is 7.82 Å². The largest absolute Gasteiger partial charge is 0.472 e. The summed E-state index contributed by atoms with van der Waals surface area (Å²) in [5.74, 6) is -0.805. The number of carbonyl (C=O) groups excluding carboxylic acids is 2. The molecule has 0 aromatic carbocycles. The predicted octanol–water partition coefficient (Wildman–Crippen LogP) is 21.9. The second-order valence-corrected chi connectivity index (χ2v) is 25.3. The molecule has 0 radical (unpaired) electrons. The molecule has 2 atom stereocenters. The second-order valence-electron chi connectivity index (χ2n) is 23.8. The number of carbonyl (C=O) groups is 2. The zero-order valence-electron chi connectivity index (χ0n) is 54.0. The van der Waals surface area contributed by atoms with Crippen molar-refractivity contribution in [1.29, 1.82) is 0 Å². The molecule has 0 rings (SSSR count). The molecule has 82 heavy (non-hydrogen) atoms. The molecule has 0 saturated heterocycles. The van der Waals surface area contributed by atoms with Gasteiger partial charge in [-0.05, 0) is 96.3 Å². The summed E-state index contributed by atoms with van der Waals surface area (Å²) in [6.07, 6.45) is 86.4. The number of hydrogen-bond donors (Lipinski definition) is 1. The minimum Gasteiger partial charge on any atom is -0.462 e. The maximum atomic E-state index is 12.9. The number of phosphoric acid groups is 1. The van der Waals surface area contributed by atoms with E-state index in [9.17, 15) is 19.0 Å². The van der Waals surface area contributed by atoms with E-state index in [0.29, 0.717) is 17.4 Å². The molecule has 0 fully saturated rings. The number of likely N-dealkylation sites (N-methyl/N-ethyl adjacent to an activating group) is 1. The molecule has 1 N–H and O–H groups in total. The maximum absolute atomic E-state index is 12.9. The van der Waals surface area contributed by atoms with Crippen LogP contribution in [0.4, 0.5) is 0 Å². The lowest BCUT2D eigenvalue weighted by Crippen LogP contribution is -2.37. The van der Waals surface area contributed by atoms with E-state index in [1.165, 1.54) is 173 Å². The van der Waals surface area contributed by atoms with Crippen LogP contribution in [-0.4, -0.2) is 74.9 Å². The lowest BCUT2D eigenvalue weighted by Gasteiger charge is -2.24. The van der Waals surface area contributed by atoms with Gasteiger partial charge in [0.25, 0.3) is 0 Å². The molecule has 10 heteroatoms. The van der Waals surface area contributed by atoms with Crippen molar-refractivity contribution in [3.8, 4) is 0 Å². The lowest BCUT2D eigenvalue weighted by molar-refractivity contribution is -0.870. The summed E-state index contributed by atoms with van der Waals surface area (Å²) >= 11 is 0. The topological polar surface area (TPSA) is 108 Å². The highest BCUT2D eigenvalue weighted by Gasteiger charge is 2.27. The summed E-state index contributed by atoms with van der Waals surface area (Å²) in [5, 5.41) is 0. The number of nitrogens with zero attached hydrogens (tertiary/aromatic N) is 1. The summed E-state index contributed by atoms with van der Waals surface area (Å²) in [7, 11) is 1.47. The van der Waals surface area contributed by atoms with Crippen molar-refractivity contribution in [3.05, 3.63) is 97.2 Å². The van der Waals surface area contributed by atoms with E-state index in [-0.39, 0.29) is 32.0 Å². The SMILES string of the molecule is CC/C=C\C/C=C\C/C=C\C/C=C\C/C=C\C/C=C\C/C=C\CCCCCCCCCC(=O)OC(COC(=O)CCCCCCCCCCCCCCCCCCC/C=C\CCCCCCCCCC)COP(=O)(O)OCC[N+](C)(C)C. The standard InChI is InChI=1S/C72H128NO8P/c1-6-8-10-12-14-16-18-20-22-24-26-28-30-32-34-36-38-40-42-44-46-48-50-52-54-56-58-60-62-64-71(74)78-68-70(69-80-82(76,77)79-67-66-73(3,4)5)81-72(75)65-63-61-59-57-55-53-51-49-47-45-43-41-39-37-35-33-31-29-27-25-23-21-19-17-15-13-11-9-7-2/h9,11,15,17,21,23-24,26-27,29,33,35,39,41,45,47,70H,6-8,10,12-14,16,18-20,22,25,28,30-32,34,36-38,40,42-44,46,48-69H2,1-5H3/p+1/b11-9-,17-15-,23-21-,26-24-,29-27-,35-33-,41-39-,47-45-. The lowest BCUT2D eigenvalue weighted by atomic mass is 10.0. The van der Waals surface area contributed by atoms with E-state index >= 15 is 0 Å². The fraction of sp³-hybridized carbons (Fsp3) is 0.750. The number of hydrogen-bond acceptors (Lipinski definition) is 7. The quantitative estimate of drug-likeness (QED) is 0.0211. The van der Waals surface area contributed by atoms with E-state index in [4.69, 9.17) is 18.5 Å². The summed E-state index contributed by atoms with van der Waals surface area (Å²) in [6, 6.07) is 0. The Morgan fingerprint density at radius 2 is 0.695 bits per heavy atom. The third-order valence-corrected chi connectivity index (χ3v) is 15.6. The van der Waals surface area contributed by atoms with Gasteiger partial charge in [-0.1, -0.05) is 284 Å². The molecule has 474 valence electrons. The summed E-state index contributed by atoms with van der Waals surface area (Å²) in [6.45, 7) is 4.33. The second kappa shape index (κ2) is 62.5. The van der Waals surface area contributed by atoms with Crippen molar-refractivity contribution < 1.29 is 42.1 Å². The van der Waals surface area contributed by atoms with Crippen molar-refractivity contribution in [2.45, 2.75) is 302 Å². The van der Waals surface area contributed by atoms with Gasteiger partial charge in [0.05, 0.1) is 27.7 Å². The first-order valence-corrected chi connectivity index (χ1v) is 35.5.